The van der Waals surface area contributed by atoms with Crippen LogP contribution >= 0.6 is 27.3 Å². The number of halogens is 1. The van der Waals surface area contributed by atoms with Crippen LogP contribution in [0, 0.1) is 56.2 Å². The van der Waals surface area contributed by atoms with Gasteiger partial charge >= 0.3 is 0 Å². The van der Waals surface area contributed by atoms with Gasteiger partial charge in [0.15, 0.2) is 5.41 Å². The Morgan fingerprint density at radius 2 is 1.79 bits per heavy atom. The molecule has 0 amide bonds. The molecule has 0 radical (unpaired) electrons. The molecule has 3 heterocycles. The molecule has 4 atom stereocenters. The van der Waals surface area contributed by atoms with Crippen LogP contribution in [0.1, 0.15) is 29.9 Å². The third kappa shape index (κ3) is 2.24. The summed E-state index contributed by atoms with van der Waals surface area (Å²) in [6.07, 6.45) is -0.670. The molecule has 1 aromatic carbocycles. The van der Waals surface area contributed by atoms with Crippen molar-refractivity contribution in [3.8, 4) is 18.2 Å². The highest BCUT2D eigenvalue weighted by molar-refractivity contribution is 9.11. The van der Waals surface area contributed by atoms with Crippen LogP contribution in [0.15, 0.2) is 46.3 Å². The van der Waals surface area contributed by atoms with Crippen molar-refractivity contribution in [3.63, 3.8) is 0 Å². The van der Waals surface area contributed by atoms with E-state index in [0.717, 1.165) is 3.79 Å². The summed E-state index contributed by atoms with van der Waals surface area (Å²) in [6.45, 7) is 1.85. The lowest BCUT2D eigenvalue weighted by molar-refractivity contribution is -0.292. The molecule has 1 N–H and O–H groups in total. The van der Waals surface area contributed by atoms with Crippen LogP contribution in [0.3, 0.4) is 0 Å². The summed E-state index contributed by atoms with van der Waals surface area (Å²) in [7, 11) is 0. The molecular weight excluding hydrogens is 452 g/mol. The fourth-order valence-electron chi connectivity index (χ4n) is 4.63. The Labute approximate surface area is 180 Å². The van der Waals surface area contributed by atoms with Gasteiger partial charge in [0.2, 0.25) is 17.1 Å². The van der Waals surface area contributed by atoms with Gasteiger partial charge in [-0.2, -0.15) is 15.8 Å². The van der Waals surface area contributed by atoms with Crippen LogP contribution in [-0.2, 0) is 15.3 Å². The van der Waals surface area contributed by atoms with Gasteiger partial charge in [-0.15, -0.1) is 11.3 Å². The van der Waals surface area contributed by atoms with Crippen molar-refractivity contribution in [2.45, 2.75) is 25.2 Å². The van der Waals surface area contributed by atoms with E-state index >= 15 is 0 Å². The van der Waals surface area contributed by atoms with Gasteiger partial charge in [0, 0.05) is 10.4 Å². The molecule has 2 aliphatic heterocycles. The molecule has 0 saturated carbocycles. The van der Waals surface area contributed by atoms with Gasteiger partial charge in [0.05, 0.1) is 27.9 Å². The van der Waals surface area contributed by atoms with E-state index in [1.165, 1.54) is 11.3 Å². The topological polar surface area (TPSA) is 114 Å². The highest BCUT2D eigenvalue weighted by atomic mass is 79.9. The van der Waals surface area contributed by atoms with Gasteiger partial charge in [-0.3, -0.25) is 5.41 Å². The first-order chi connectivity index (χ1) is 14.0. The number of thiophene rings is 1. The standard InChI is InChI=1S/C21H15BrN4O2S/c1-2-15-20(12-25)18(26)28-21(15,13-6-4-3-5-7-13)27-17(19(20,10-23)11-24)14-8-9-16(22)29-14/h3-9,15,17,26H,2H2,1H3. The second-order valence-electron chi connectivity index (χ2n) is 7.02. The van der Waals surface area contributed by atoms with Crippen LogP contribution in [-0.4, -0.2) is 5.90 Å². The molecule has 2 saturated heterocycles. The van der Waals surface area contributed by atoms with Crippen molar-refractivity contribution in [1.82, 2.24) is 0 Å². The van der Waals surface area contributed by atoms with E-state index in [9.17, 15) is 15.8 Å². The molecule has 2 aliphatic rings. The average Bonchev–Trinajstić information content (AvgIpc) is 3.26. The van der Waals surface area contributed by atoms with Crippen LogP contribution in [0.5, 0.6) is 0 Å². The number of hydrogen-bond acceptors (Lipinski definition) is 7. The summed E-state index contributed by atoms with van der Waals surface area (Å²) in [6, 6.07) is 19.0. The highest BCUT2D eigenvalue weighted by Crippen LogP contribution is 2.70. The summed E-state index contributed by atoms with van der Waals surface area (Å²) >= 11 is 4.74. The predicted molar refractivity (Wildman–Crippen MR) is 108 cm³/mol. The van der Waals surface area contributed by atoms with Gasteiger partial charge < -0.3 is 9.47 Å². The first-order valence-electron chi connectivity index (χ1n) is 8.96. The first kappa shape index (κ1) is 19.6. The molecule has 144 valence electrons. The summed E-state index contributed by atoms with van der Waals surface area (Å²) < 4.78 is 13.3. The minimum atomic E-state index is -1.93. The normalized spacial score (nSPS) is 31.9. The third-order valence-electron chi connectivity index (χ3n) is 5.87. The Balaban J connectivity index is 2.07. The highest BCUT2D eigenvalue weighted by Gasteiger charge is 2.80. The van der Waals surface area contributed by atoms with E-state index < -0.39 is 34.5 Å². The van der Waals surface area contributed by atoms with Crippen LogP contribution in [0.4, 0.5) is 0 Å². The fraction of sp³-hybridized carbons (Fsp3) is 0.333. The zero-order valence-corrected chi connectivity index (χ0v) is 17.8. The molecule has 6 nitrogen and oxygen atoms in total. The van der Waals surface area contributed by atoms with E-state index in [1.807, 2.05) is 37.3 Å². The summed E-state index contributed by atoms with van der Waals surface area (Å²) in [5, 5.41) is 39.4. The number of ether oxygens (including phenoxy) is 2. The van der Waals surface area contributed by atoms with Crippen LogP contribution in [0.2, 0.25) is 0 Å². The SMILES string of the molecule is CCC1C2(c3ccccc3)OC(=N)C1(C#N)C(C#N)(C#N)C(c1ccc(Br)s1)O2. The molecule has 29 heavy (non-hydrogen) atoms. The minimum absolute atomic E-state index is 0.386. The maximum absolute atomic E-state index is 10.3. The number of nitrogens with one attached hydrogen (secondary N) is 1. The second-order valence-corrected chi connectivity index (χ2v) is 9.51. The molecule has 0 aliphatic carbocycles. The van der Waals surface area contributed by atoms with Crippen molar-refractivity contribution in [1.29, 1.82) is 21.2 Å². The monoisotopic (exact) mass is 466 g/mol. The number of hydrogen-bond donors (Lipinski definition) is 1. The Hall–Kier alpha value is -2.70. The second kappa shape index (κ2) is 6.68. The van der Waals surface area contributed by atoms with Gasteiger partial charge in [0.25, 0.3) is 0 Å². The van der Waals surface area contributed by atoms with E-state index in [2.05, 4.69) is 34.1 Å². The first-order valence-corrected chi connectivity index (χ1v) is 10.6. The zero-order valence-electron chi connectivity index (χ0n) is 15.3. The number of nitriles is 3. The largest absolute Gasteiger partial charge is 0.443 e. The lowest BCUT2D eigenvalue weighted by Crippen LogP contribution is -2.58. The number of rotatable bonds is 3. The third-order valence-corrected chi connectivity index (χ3v) is 7.53. The number of benzene rings is 1. The summed E-state index contributed by atoms with van der Waals surface area (Å²) in [4.78, 5) is 0.618. The molecule has 2 aromatic rings. The van der Waals surface area contributed by atoms with E-state index in [1.54, 1.807) is 12.1 Å². The fourth-order valence-corrected chi connectivity index (χ4v) is 6.15. The molecule has 8 heteroatoms. The molecule has 1 aromatic heterocycles. The summed E-state index contributed by atoms with van der Waals surface area (Å²) in [5.74, 6) is -2.52. The lowest BCUT2D eigenvalue weighted by atomic mass is 9.53. The van der Waals surface area contributed by atoms with Crippen molar-refractivity contribution in [2.24, 2.45) is 16.7 Å². The lowest BCUT2D eigenvalue weighted by Gasteiger charge is -2.49. The molecule has 4 rings (SSSR count). The van der Waals surface area contributed by atoms with Crippen molar-refractivity contribution >= 4 is 33.2 Å². The van der Waals surface area contributed by atoms with Gasteiger partial charge in [-0.1, -0.05) is 37.3 Å². The van der Waals surface area contributed by atoms with E-state index in [4.69, 9.17) is 14.9 Å². The number of nitrogens with zero attached hydrogens (tertiary/aromatic N) is 3. The van der Waals surface area contributed by atoms with Crippen LogP contribution in [0.25, 0.3) is 0 Å². The molecule has 2 bridgehead atoms. The summed E-state index contributed by atoms with van der Waals surface area (Å²) in [5.41, 5.74) is -3.04. The molecule has 4 unspecified atom stereocenters. The van der Waals surface area contributed by atoms with Gasteiger partial charge in [-0.05, 0) is 34.5 Å². The maximum Gasteiger partial charge on any atom is 0.244 e. The van der Waals surface area contributed by atoms with E-state index in [-0.39, 0.29) is 0 Å². The average molecular weight is 467 g/mol. The van der Waals surface area contributed by atoms with Gasteiger partial charge in [-0.25, -0.2) is 0 Å². The zero-order chi connectivity index (χ0) is 20.9. The van der Waals surface area contributed by atoms with Gasteiger partial charge in [0.1, 0.15) is 6.10 Å². The maximum atomic E-state index is 10.3. The van der Waals surface area contributed by atoms with E-state index in [0.29, 0.717) is 16.9 Å². The Kier molecular flexibility index (Phi) is 4.52. The predicted octanol–water partition coefficient (Wildman–Crippen LogP) is 5.01. The Morgan fingerprint density at radius 3 is 2.31 bits per heavy atom. The smallest absolute Gasteiger partial charge is 0.244 e. The Bertz CT molecular complexity index is 1100. The van der Waals surface area contributed by atoms with Crippen molar-refractivity contribution < 1.29 is 9.47 Å². The minimum Gasteiger partial charge on any atom is -0.443 e. The Morgan fingerprint density at radius 1 is 1.10 bits per heavy atom. The molecule has 2 fully saturated rings. The van der Waals surface area contributed by atoms with Crippen LogP contribution < -0.4 is 0 Å². The van der Waals surface area contributed by atoms with Crippen molar-refractivity contribution in [3.05, 3.63) is 56.7 Å². The number of fused-ring (bicyclic) bond motifs is 2. The van der Waals surface area contributed by atoms with Crippen molar-refractivity contribution in [2.75, 3.05) is 0 Å². The molecular formula is C21H15BrN4O2S. The quantitative estimate of drug-likeness (QED) is 0.682. The molecule has 0 spiro atoms.